The first-order valence-electron chi connectivity index (χ1n) is 6.02. The van der Waals surface area contributed by atoms with Gasteiger partial charge < -0.3 is 15.5 Å². The predicted molar refractivity (Wildman–Crippen MR) is 65.0 cm³/mol. The zero-order valence-corrected chi connectivity index (χ0v) is 10.3. The largest absolute Gasteiger partial charge is 0.355 e. The Morgan fingerprint density at radius 1 is 1.61 bits per heavy atom. The second-order valence-corrected chi connectivity index (χ2v) is 4.08. The maximum atomic E-state index is 12.2. The molecule has 7 nitrogen and oxygen atoms in total. The van der Waals surface area contributed by atoms with Crippen LogP contribution in [0, 0.1) is 0 Å². The van der Waals surface area contributed by atoms with E-state index in [1.165, 1.54) is 6.20 Å². The summed E-state index contributed by atoms with van der Waals surface area (Å²) in [6.07, 6.45) is 1.52. The van der Waals surface area contributed by atoms with Crippen LogP contribution in [-0.4, -0.2) is 59.1 Å². The molecule has 1 atom stereocenters. The summed E-state index contributed by atoms with van der Waals surface area (Å²) in [5, 5.41) is 12.3. The van der Waals surface area contributed by atoms with Gasteiger partial charge in [0, 0.05) is 32.4 Å². The lowest BCUT2D eigenvalue weighted by Crippen LogP contribution is -2.59. The minimum atomic E-state index is -0.463. The van der Waals surface area contributed by atoms with Gasteiger partial charge >= 0.3 is 0 Å². The highest BCUT2D eigenvalue weighted by Crippen LogP contribution is 2.08. The van der Waals surface area contributed by atoms with E-state index in [0.29, 0.717) is 31.9 Å². The summed E-state index contributed by atoms with van der Waals surface area (Å²) in [6, 6.07) is 1.15. The first kappa shape index (κ1) is 12.6. The number of aromatic amines is 1. The highest BCUT2D eigenvalue weighted by molar-refractivity contribution is 5.96. The number of hydrogen-bond donors (Lipinski definition) is 3. The molecule has 1 fully saturated rings. The van der Waals surface area contributed by atoms with Crippen LogP contribution < -0.4 is 10.6 Å². The fourth-order valence-corrected chi connectivity index (χ4v) is 2.00. The molecule has 0 aliphatic carbocycles. The molecular weight excluding hydrogens is 234 g/mol. The number of nitrogens with one attached hydrogen (secondary N) is 3. The Kier molecular flexibility index (Phi) is 3.93. The maximum absolute atomic E-state index is 12.2. The van der Waals surface area contributed by atoms with Gasteiger partial charge in [-0.15, -0.1) is 0 Å². The molecule has 0 bridgehead atoms. The number of hydrogen-bond acceptors (Lipinski definition) is 4. The first-order chi connectivity index (χ1) is 8.74. The number of aromatic nitrogens is 2. The molecule has 2 rings (SSSR count). The zero-order valence-electron chi connectivity index (χ0n) is 10.3. The molecule has 0 radical (unpaired) electrons. The number of piperazine rings is 1. The number of rotatable bonds is 3. The lowest BCUT2D eigenvalue weighted by molar-refractivity contribution is -0.126. The standard InChI is InChI=1S/C11H17N5O2/c1-2-13-10(17)9-7-12-5-6-16(9)11(18)8-3-4-14-15-8/h3-4,9,12H,2,5-7H2,1H3,(H,13,17)(H,14,15). The van der Waals surface area contributed by atoms with Gasteiger partial charge in [0.05, 0.1) is 0 Å². The van der Waals surface area contributed by atoms with Crippen molar-refractivity contribution in [2.45, 2.75) is 13.0 Å². The summed E-state index contributed by atoms with van der Waals surface area (Å²) in [4.78, 5) is 25.7. The third kappa shape index (κ3) is 2.51. The van der Waals surface area contributed by atoms with Crippen LogP contribution in [-0.2, 0) is 4.79 Å². The van der Waals surface area contributed by atoms with E-state index in [9.17, 15) is 9.59 Å². The topological polar surface area (TPSA) is 90.1 Å². The van der Waals surface area contributed by atoms with Gasteiger partial charge in [0.2, 0.25) is 5.91 Å². The van der Waals surface area contributed by atoms with E-state index in [2.05, 4.69) is 20.8 Å². The van der Waals surface area contributed by atoms with Crippen LogP contribution in [0.2, 0.25) is 0 Å². The van der Waals surface area contributed by atoms with Crippen LogP contribution in [0.3, 0.4) is 0 Å². The van der Waals surface area contributed by atoms with Crippen molar-refractivity contribution in [2.75, 3.05) is 26.2 Å². The molecule has 3 N–H and O–H groups in total. The van der Waals surface area contributed by atoms with Gasteiger partial charge in [0.15, 0.2) is 0 Å². The summed E-state index contributed by atoms with van der Waals surface area (Å²) in [5.41, 5.74) is 0.409. The Balaban J connectivity index is 2.12. The van der Waals surface area contributed by atoms with Gasteiger partial charge in [-0.25, -0.2) is 0 Å². The third-order valence-corrected chi connectivity index (χ3v) is 2.89. The number of nitrogens with zero attached hydrogens (tertiary/aromatic N) is 2. The highest BCUT2D eigenvalue weighted by Gasteiger charge is 2.32. The molecule has 18 heavy (non-hydrogen) atoms. The molecule has 1 aromatic rings. The van der Waals surface area contributed by atoms with Crippen molar-refractivity contribution < 1.29 is 9.59 Å². The van der Waals surface area contributed by atoms with Crippen LogP contribution in [0.1, 0.15) is 17.4 Å². The smallest absolute Gasteiger partial charge is 0.272 e. The Morgan fingerprint density at radius 3 is 3.11 bits per heavy atom. The molecule has 1 aromatic heterocycles. The fourth-order valence-electron chi connectivity index (χ4n) is 2.00. The molecule has 2 amide bonds. The third-order valence-electron chi connectivity index (χ3n) is 2.89. The minimum Gasteiger partial charge on any atom is -0.355 e. The second-order valence-electron chi connectivity index (χ2n) is 4.08. The second kappa shape index (κ2) is 5.63. The highest BCUT2D eigenvalue weighted by atomic mass is 16.2. The van der Waals surface area contributed by atoms with Crippen LogP contribution >= 0.6 is 0 Å². The fraction of sp³-hybridized carbons (Fsp3) is 0.545. The Hall–Kier alpha value is -1.89. The number of H-pyrrole nitrogens is 1. The number of amides is 2. The SMILES string of the molecule is CCNC(=O)C1CNCCN1C(=O)c1ccn[nH]1. The van der Waals surface area contributed by atoms with E-state index in [1.54, 1.807) is 11.0 Å². The van der Waals surface area contributed by atoms with E-state index in [4.69, 9.17) is 0 Å². The van der Waals surface area contributed by atoms with Crippen LogP contribution in [0.4, 0.5) is 0 Å². The molecule has 1 unspecified atom stereocenters. The van der Waals surface area contributed by atoms with E-state index in [-0.39, 0.29) is 11.8 Å². The van der Waals surface area contributed by atoms with Gasteiger partial charge in [-0.2, -0.15) is 5.10 Å². The van der Waals surface area contributed by atoms with Gasteiger partial charge in [-0.3, -0.25) is 14.7 Å². The number of carbonyl (C=O) groups is 2. The molecular formula is C11H17N5O2. The molecule has 2 heterocycles. The quantitative estimate of drug-likeness (QED) is 0.640. The van der Waals surface area contributed by atoms with Gasteiger partial charge in [0.25, 0.3) is 5.91 Å². The van der Waals surface area contributed by atoms with Crippen LogP contribution in [0.15, 0.2) is 12.3 Å². The summed E-state index contributed by atoms with van der Waals surface area (Å²) in [5.74, 6) is -0.317. The van der Waals surface area contributed by atoms with E-state index >= 15 is 0 Å². The summed E-state index contributed by atoms with van der Waals surface area (Å²) in [7, 11) is 0. The van der Waals surface area contributed by atoms with Crippen molar-refractivity contribution in [1.29, 1.82) is 0 Å². The molecule has 0 saturated carbocycles. The Morgan fingerprint density at radius 2 is 2.44 bits per heavy atom. The lowest BCUT2D eigenvalue weighted by atomic mass is 10.1. The molecule has 0 spiro atoms. The molecule has 1 aliphatic heterocycles. The monoisotopic (exact) mass is 251 g/mol. The maximum Gasteiger partial charge on any atom is 0.272 e. The van der Waals surface area contributed by atoms with E-state index < -0.39 is 6.04 Å². The average Bonchev–Trinajstić information content (AvgIpc) is 2.92. The first-order valence-corrected chi connectivity index (χ1v) is 6.02. The molecule has 1 saturated heterocycles. The van der Waals surface area contributed by atoms with E-state index in [0.717, 1.165) is 0 Å². The molecule has 7 heteroatoms. The van der Waals surface area contributed by atoms with Crippen molar-refractivity contribution in [1.82, 2.24) is 25.7 Å². The summed E-state index contributed by atoms with van der Waals surface area (Å²) >= 11 is 0. The normalized spacial score (nSPS) is 19.6. The van der Waals surface area contributed by atoms with Gasteiger partial charge in [-0.1, -0.05) is 0 Å². The lowest BCUT2D eigenvalue weighted by Gasteiger charge is -2.34. The predicted octanol–water partition coefficient (Wildman–Crippen LogP) is -1.04. The summed E-state index contributed by atoms with van der Waals surface area (Å²) < 4.78 is 0. The van der Waals surface area contributed by atoms with Crippen molar-refractivity contribution >= 4 is 11.8 Å². The Bertz CT molecular complexity index is 417. The zero-order chi connectivity index (χ0) is 13.0. The van der Waals surface area contributed by atoms with E-state index in [1.807, 2.05) is 6.92 Å². The molecule has 0 aromatic carbocycles. The van der Waals surface area contributed by atoms with Crippen molar-refractivity contribution in [3.8, 4) is 0 Å². The van der Waals surface area contributed by atoms with Crippen LogP contribution in [0.5, 0.6) is 0 Å². The van der Waals surface area contributed by atoms with Gasteiger partial charge in [-0.05, 0) is 13.0 Å². The van der Waals surface area contributed by atoms with Gasteiger partial charge in [0.1, 0.15) is 11.7 Å². The van der Waals surface area contributed by atoms with Crippen molar-refractivity contribution in [2.24, 2.45) is 0 Å². The number of likely N-dealkylation sites (N-methyl/N-ethyl adjacent to an activating group) is 1. The Labute approximate surface area is 105 Å². The molecule has 98 valence electrons. The van der Waals surface area contributed by atoms with Crippen molar-refractivity contribution in [3.63, 3.8) is 0 Å². The number of carbonyl (C=O) groups excluding carboxylic acids is 2. The summed E-state index contributed by atoms with van der Waals surface area (Å²) in [6.45, 7) is 4.10. The van der Waals surface area contributed by atoms with Crippen molar-refractivity contribution in [3.05, 3.63) is 18.0 Å². The molecule has 1 aliphatic rings. The average molecular weight is 251 g/mol. The van der Waals surface area contributed by atoms with Crippen LogP contribution in [0.25, 0.3) is 0 Å². The minimum absolute atomic E-state index is 0.127.